The van der Waals surface area contributed by atoms with E-state index in [0.717, 1.165) is 34.7 Å². The Bertz CT molecular complexity index is 989. The third-order valence-corrected chi connectivity index (χ3v) is 4.45. The van der Waals surface area contributed by atoms with Crippen LogP contribution in [0.3, 0.4) is 0 Å². The fourth-order valence-electron chi connectivity index (χ4n) is 2.82. The van der Waals surface area contributed by atoms with Crippen LogP contribution in [0, 0.1) is 6.92 Å². The molecule has 0 amide bonds. The first-order valence-corrected chi connectivity index (χ1v) is 9.21. The number of aromatic nitrogens is 2. The minimum absolute atomic E-state index is 0.0757. The van der Waals surface area contributed by atoms with E-state index < -0.39 is 0 Å². The highest BCUT2D eigenvalue weighted by molar-refractivity contribution is 6.06. The van der Waals surface area contributed by atoms with Crippen molar-refractivity contribution in [2.75, 3.05) is 7.11 Å². The zero-order valence-corrected chi connectivity index (χ0v) is 16.4. The van der Waals surface area contributed by atoms with Gasteiger partial charge in [-0.25, -0.2) is 0 Å². The van der Waals surface area contributed by atoms with Crippen LogP contribution in [-0.2, 0) is 13.2 Å². The lowest BCUT2D eigenvalue weighted by Gasteiger charge is -2.12. The van der Waals surface area contributed by atoms with Crippen LogP contribution in [0.15, 0.2) is 60.9 Å². The minimum Gasteiger partial charge on any atom is -0.496 e. The topological polar surface area (TPSA) is 53.4 Å². The molecule has 1 aromatic heterocycles. The first-order valence-electron chi connectivity index (χ1n) is 9.21. The molecule has 0 saturated carbocycles. The molecule has 0 radical (unpaired) electrons. The number of hydrogen-bond acceptors (Lipinski definition) is 4. The number of carbonyl (C=O) groups is 1. The van der Waals surface area contributed by atoms with E-state index in [9.17, 15) is 4.79 Å². The standard InChI is InChI=1S/C23H24N2O3/c1-4-25-15-20(14-24-25)21(26)11-9-18-10-12-23(27-3)19(13-18)16-28-22-8-6-5-7-17(22)2/h5-15H,4,16H2,1-3H3/b11-9+. The van der Waals surface area contributed by atoms with Gasteiger partial charge in [-0.1, -0.05) is 30.3 Å². The highest BCUT2D eigenvalue weighted by Gasteiger charge is 2.08. The number of para-hydroxylation sites is 1. The van der Waals surface area contributed by atoms with Gasteiger partial charge in [-0.3, -0.25) is 9.48 Å². The first-order chi connectivity index (χ1) is 13.6. The van der Waals surface area contributed by atoms with E-state index in [-0.39, 0.29) is 5.78 Å². The molecule has 0 unspecified atom stereocenters. The maximum atomic E-state index is 12.3. The van der Waals surface area contributed by atoms with Crippen LogP contribution < -0.4 is 9.47 Å². The molecule has 0 aliphatic rings. The summed E-state index contributed by atoms with van der Waals surface area (Å²) in [5.74, 6) is 1.52. The third-order valence-electron chi connectivity index (χ3n) is 4.45. The number of carbonyl (C=O) groups excluding carboxylic acids is 1. The molecule has 3 aromatic rings. The van der Waals surface area contributed by atoms with Crippen LogP contribution in [-0.4, -0.2) is 22.7 Å². The summed E-state index contributed by atoms with van der Waals surface area (Å²) in [4.78, 5) is 12.3. The lowest BCUT2D eigenvalue weighted by molar-refractivity contribution is 0.104. The number of aryl methyl sites for hydroxylation is 2. The Morgan fingerprint density at radius 1 is 1.18 bits per heavy atom. The molecule has 0 saturated heterocycles. The van der Waals surface area contributed by atoms with Crippen molar-refractivity contribution in [1.29, 1.82) is 0 Å². The summed E-state index contributed by atoms with van der Waals surface area (Å²) in [6.07, 6.45) is 6.70. The van der Waals surface area contributed by atoms with Gasteiger partial charge in [-0.15, -0.1) is 0 Å². The van der Waals surface area contributed by atoms with Gasteiger partial charge < -0.3 is 9.47 Å². The molecule has 0 aliphatic heterocycles. The summed E-state index contributed by atoms with van der Waals surface area (Å²) < 4.78 is 13.1. The second kappa shape index (κ2) is 9.04. The summed E-state index contributed by atoms with van der Waals surface area (Å²) in [5, 5.41) is 4.14. The average Bonchev–Trinajstić information content (AvgIpc) is 3.21. The molecular formula is C23H24N2O3. The van der Waals surface area contributed by atoms with E-state index in [4.69, 9.17) is 9.47 Å². The smallest absolute Gasteiger partial charge is 0.189 e. The van der Waals surface area contributed by atoms with Gasteiger partial charge in [0.1, 0.15) is 18.1 Å². The summed E-state index contributed by atoms with van der Waals surface area (Å²) in [6, 6.07) is 13.7. The number of rotatable bonds is 8. The zero-order chi connectivity index (χ0) is 19.9. The van der Waals surface area contributed by atoms with Gasteiger partial charge in [0, 0.05) is 18.3 Å². The van der Waals surface area contributed by atoms with Gasteiger partial charge in [-0.05, 0) is 49.2 Å². The molecule has 2 aromatic carbocycles. The van der Waals surface area contributed by atoms with Crippen molar-refractivity contribution >= 4 is 11.9 Å². The van der Waals surface area contributed by atoms with E-state index in [0.29, 0.717) is 12.2 Å². The van der Waals surface area contributed by atoms with E-state index in [2.05, 4.69) is 5.10 Å². The van der Waals surface area contributed by atoms with Crippen LogP contribution >= 0.6 is 0 Å². The molecule has 28 heavy (non-hydrogen) atoms. The minimum atomic E-state index is -0.0757. The second-order valence-electron chi connectivity index (χ2n) is 6.41. The Morgan fingerprint density at radius 3 is 2.71 bits per heavy atom. The predicted molar refractivity (Wildman–Crippen MR) is 110 cm³/mol. The molecule has 1 heterocycles. The van der Waals surface area contributed by atoms with Crippen molar-refractivity contribution in [3.05, 3.63) is 83.2 Å². The highest BCUT2D eigenvalue weighted by Crippen LogP contribution is 2.24. The number of ether oxygens (including phenoxy) is 2. The maximum Gasteiger partial charge on any atom is 0.189 e. The van der Waals surface area contributed by atoms with E-state index in [1.54, 1.807) is 36.3 Å². The average molecular weight is 376 g/mol. The summed E-state index contributed by atoms with van der Waals surface area (Å²) in [5.41, 5.74) is 3.48. The zero-order valence-electron chi connectivity index (χ0n) is 16.4. The molecule has 0 fully saturated rings. The molecule has 0 N–H and O–H groups in total. The van der Waals surface area contributed by atoms with E-state index in [1.165, 1.54) is 0 Å². The number of nitrogens with zero attached hydrogens (tertiary/aromatic N) is 2. The Labute approximate surface area is 165 Å². The molecular weight excluding hydrogens is 352 g/mol. The Hall–Kier alpha value is -3.34. The van der Waals surface area contributed by atoms with Gasteiger partial charge in [0.2, 0.25) is 0 Å². The molecule has 144 valence electrons. The van der Waals surface area contributed by atoms with E-state index >= 15 is 0 Å². The van der Waals surface area contributed by atoms with Gasteiger partial charge in [0.25, 0.3) is 0 Å². The van der Waals surface area contributed by atoms with Crippen LogP contribution in [0.4, 0.5) is 0 Å². The lowest BCUT2D eigenvalue weighted by atomic mass is 10.1. The normalized spacial score (nSPS) is 11.0. The van der Waals surface area contributed by atoms with Crippen molar-refractivity contribution in [3.8, 4) is 11.5 Å². The quantitative estimate of drug-likeness (QED) is 0.423. The molecule has 0 aliphatic carbocycles. The SMILES string of the molecule is CCn1cc(C(=O)/C=C/c2ccc(OC)c(COc3ccccc3C)c2)cn1. The number of allylic oxidation sites excluding steroid dienone is 1. The predicted octanol–water partition coefficient (Wildman–Crippen LogP) is 4.70. The fraction of sp³-hybridized carbons (Fsp3) is 0.217. The van der Waals surface area contributed by atoms with Crippen molar-refractivity contribution < 1.29 is 14.3 Å². The lowest BCUT2D eigenvalue weighted by Crippen LogP contribution is -2.00. The fourth-order valence-corrected chi connectivity index (χ4v) is 2.82. The van der Waals surface area contributed by atoms with Crippen LogP contribution in [0.2, 0.25) is 0 Å². The van der Waals surface area contributed by atoms with Crippen LogP contribution in [0.25, 0.3) is 6.08 Å². The third kappa shape index (κ3) is 4.68. The monoisotopic (exact) mass is 376 g/mol. The Balaban J connectivity index is 1.74. The molecule has 3 rings (SSSR count). The Morgan fingerprint density at radius 2 is 2.00 bits per heavy atom. The summed E-state index contributed by atoms with van der Waals surface area (Å²) >= 11 is 0. The van der Waals surface area contributed by atoms with Crippen molar-refractivity contribution in [2.24, 2.45) is 0 Å². The van der Waals surface area contributed by atoms with Crippen LogP contribution in [0.1, 0.15) is 34.0 Å². The van der Waals surface area contributed by atoms with Crippen molar-refractivity contribution in [1.82, 2.24) is 9.78 Å². The number of methoxy groups -OCH3 is 1. The maximum absolute atomic E-state index is 12.3. The summed E-state index contributed by atoms with van der Waals surface area (Å²) in [6.45, 7) is 5.11. The van der Waals surface area contributed by atoms with E-state index in [1.807, 2.05) is 56.3 Å². The van der Waals surface area contributed by atoms with Gasteiger partial charge >= 0.3 is 0 Å². The van der Waals surface area contributed by atoms with Crippen LogP contribution in [0.5, 0.6) is 11.5 Å². The number of benzene rings is 2. The second-order valence-corrected chi connectivity index (χ2v) is 6.41. The molecule has 0 spiro atoms. The molecule has 5 heteroatoms. The van der Waals surface area contributed by atoms with Crippen molar-refractivity contribution in [3.63, 3.8) is 0 Å². The molecule has 0 bridgehead atoms. The van der Waals surface area contributed by atoms with Crippen molar-refractivity contribution in [2.45, 2.75) is 27.0 Å². The van der Waals surface area contributed by atoms with Gasteiger partial charge in [-0.2, -0.15) is 5.10 Å². The summed E-state index contributed by atoms with van der Waals surface area (Å²) in [7, 11) is 1.64. The largest absolute Gasteiger partial charge is 0.496 e. The van der Waals surface area contributed by atoms with Gasteiger partial charge in [0.05, 0.1) is 18.9 Å². The number of ketones is 1. The van der Waals surface area contributed by atoms with Gasteiger partial charge in [0.15, 0.2) is 5.78 Å². The Kier molecular flexibility index (Phi) is 6.27. The molecule has 0 atom stereocenters. The highest BCUT2D eigenvalue weighted by atomic mass is 16.5. The number of hydrogen-bond donors (Lipinski definition) is 0. The molecule has 5 nitrogen and oxygen atoms in total. The first kappa shape index (κ1) is 19.4.